The summed E-state index contributed by atoms with van der Waals surface area (Å²) in [6, 6.07) is 10.7. The van der Waals surface area contributed by atoms with Gasteiger partial charge in [-0.25, -0.2) is 4.79 Å². The lowest BCUT2D eigenvalue weighted by atomic mass is 10.0. The smallest absolute Gasteiger partial charge is 0.312 e. The third-order valence-corrected chi connectivity index (χ3v) is 4.27. The quantitative estimate of drug-likeness (QED) is 0.904. The zero-order chi connectivity index (χ0) is 16.9. The van der Waals surface area contributed by atoms with Gasteiger partial charge in [0.1, 0.15) is 0 Å². The first kappa shape index (κ1) is 16.0. The van der Waals surface area contributed by atoms with Crippen LogP contribution in [0.25, 0.3) is 0 Å². The molecule has 3 rings (SSSR count). The highest BCUT2D eigenvalue weighted by Crippen LogP contribution is 2.32. The van der Waals surface area contributed by atoms with Gasteiger partial charge in [0.2, 0.25) is 0 Å². The minimum absolute atomic E-state index is 0.0312. The van der Waals surface area contributed by atoms with Crippen LogP contribution in [-0.4, -0.2) is 28.4 Å². The minimum atomic E-state index is -0.563. The van der Waals surface area contributed by atoms with Crippen LogP contribution in [-0.2, 0) is 6.54 Å². The van der Waals surface area contributed by atoms with E-state index in [1.807, 2.05) is 29.2 Å². The van der Waals surface area contributed by atoms with Crippen molar-refractivity contribution < 1.29 is 9.59 Å². The van der Waals surface area contributed by atoms with E-state index in [1.54, 1.807) is 24.5 Å². The number of rotatable bonds is 4. The Morgan fingerprint density at radius 3 is 2.54 bits per heavy atom. The molecule has 6 nitrogen and oxygen atoms in total. The van der Waals surface area contributed by atoms with Crippen LogP contribution in [0.1, 0.15) is 40.4 Å². The number of primary amides is 1. The predicted molar refractivity (Wildman–Crippen MR) is 90.1 cm³/mol. The van der Waals surface area contributed by atoms with Gasteiger partial charge >= 0.3 is 6.03 Å². The van der Waals surface area contributed by atoms with Gasteiger partial charge in [-0.1, -0.05) is 12.1 Å². The molecule has 6 heteroatoms. The number of benzene rings is 1. The summed E-state index contributed by atoms with van der Waals surface area (Å²) in [4.78, 5) is 29.5. The number of urea groups is 1. The topological polar surface area (TPSA) is 88.3 Å². The van der Waals surface area contributed by atoms with Crippen LogP contribution in [0.15, 0.2) is 48.8 Å². The van der Waals surface area contributed by atoms with Crippen LogP contribution in [0.4, 0.5) is 4.79 Å². The average molecular weight is 324 g/mol. The highest BCUT2D eigenvalue weighted by Gasteiger charge is 2.30. The van der Waals surface area contributed by atoms with Crippen molar-refractivity contribution in [1.82, 2.24) is 15.2 Å². The van der Waals surface area contributed by atoms with Crippen molar-refractivity contribution in [2.45, 2.75) is 25.4 Å². The number of nitrogens with two attached hydrogens (primary N) is 1. The first-order chi connectivity index (χ1) is 11.6. The maximum atomic E-state index is 12.8. The Morgan fingerprint density at radius 2 is 1.88 bits per heavy atom. The van der Waals surface area contributed by atoms with Crippen molar-refractivity contribution in [1.29, 1.82) is 0 Å². The fourth-order valence-corrected chi connectivity index (χ4v) is 3.06. The largest absolute Gasteiger partial charge is 0.352 e. The molecule has 1 aromatic heterocycles. The van der Waals surface area contributed by atoms with E-state index >= 15 is 0 Å². The van der Waals surface area contributed by atoms with Crippen molar-refractivity contribution in [2.75, 3.05) is 6.54 Å². The second-order valence-electron chi connectivity index (χ2n) is 5.85. The molecule has 0 saturated carbocycles. The normalized spacial score (nSPS) is 16.8. The SMILES string of the molecule is NC(=O)NCc1ccc(C(=O)N2CCC[C@@H]2c2ccncc2)cc1. The Labute approximate surface area is 140 Å². The fraction of sp³-hybridized carbons (Fsp3) is 0.278. The highest BCUT2D eigenvalue weighted by atomic mass is 16.2. The number of likely N-dealkylation sites (tertiary alicyclic amines) is 1. The molecule has 24 heavy (non-hydrogen) atoms. The van der Waals surface area contributed by atoms with Gasteiger partial charge in [-0.05, 0) is 48.2 Å². The van der Waals surface area contributed by atoms with Crippen molar-refractivity contribution in [3.05, 3.63) is 65.5 Å². The zero-order valence-electron chi connectivity index (χ0n) is 13.3. The van der Waals surface area contributed by atoms with Crippen LogP contribution in [0.3, 0.4) is 0 Å². The fourth-order valence-electron chi connectivity index (χ4n) is 3.06. The van der Waals surface area contributed by atoms with Crippen LogP contribution >= 0.6 is 0 Å². The number of hydrogen-bond acceptors (Lipinski definition) is 3. The minimum Gasteiger partial charge on any atom is -0.352 e. The van der Waals surface area contributed by atoms with E-state index in [0.29, 0.717) is 12.1 Å². The predicted octanol–water partition coefficient (Wildman–Crippen LogP) is 2.23. The summed E-state index contributed by atoms with van der Waals surface area (Å²) >= 11 is 0. The molecule has 2 heterocycles. The molecule has 0 bridgehead atoms. The van der Waals surface area contributed by atoms with Crippen LogP contribution in [0.2, 0.25) is 0 Å². The molecule has 1 atom stereocenters. The average Bonchev–Trinajstić information content (AvgIpc) is 3.10. The van der Waals surface area contributed by atoms with Crippen molar-refractivity contribution in [2.24, 2.45) is 5.73 Å². The number of nitrogens with zero attached hydrogens (tertiary/aromatic N) is 2. The molecule has 124 valence electrons. The van der Waals surface area contributed by atoms with Gasteiger partial charge in [0, 0.05) is 31.0 Å². The molecule has 1 saturated heterocycles. The van der Waals surface area contributed by atoms with E-state index in [0.717, 1.165) is 30.5 Å². The van der Waals surface area contributed by atoms with Crippen LogP contribution < -0.4 is 11.1 Å². The van der Waals surface area contributed by atoms with Crippen molar-refractivity contribution in [3.63, 3.8) is 0 Å². The first-order valence-electron chi connectivity index (χ1n) is 7.98. The van der Waals surface area contributed by atoms with Gasteiger partial charge in [-0.15, -0.1) is 0 Å². The van der Waals surface area contributed by atoms with E-state index in [1.165, 1.54) is 0 Å². The summed E-state index contributed by atoms with van der Waals surface area (Å²) in [5.74, 6) is 0.0312. The molecule has 1 aromatic carbocycles. The lowest BCUT2D eigenvalue weighted by Crippen LogP contribution is -2.30. The summed E-state index contributed by atoms with van der Waals surface area (Å²) in [5, 5.41) is 2.53. The molecule has 0 unspecified atom stereocenters. The second kappa shape index (κ2) is 7.12. The number of carbonyl (C=O) groups is 2. The molecule has 1 fully saturated rings. The number of pyridine rings is 1. The molecule has 3 N–H and O–H groups in total. The van der Waals surface area contributed by atoms with E-state index in [-0.39, 0.29) is 11.9 Å². The Bertz CT molecular complexity index is 716. The maximum Gasteiger partial charge on any atom is 0.312 e. The standard InChI is InChI=1S/C18H20N4O2/c19-18(24)21-12-13-3-5-15(6-4-13)17(23)22-11-1-2-16(22)14-7-9-20-10-8-14/h3-10,16H,1-2,11-12H2,(H3,19,21,24)/t16-/m1/s1. The molecular formula is C18H20N4O2. The Morgan fingerprint density at radius 1 is 1.17 bits per heavy atom. The lowest BCUT2D eigenvalue weighted by molar-refractivity contribution is 0.0735. The van der Waals surface area contributed by atoms with Gasteiger partial charge in [0.05, 0.1) is 6.04 Å². The number of nitrogens with one attached hydrogen (secondary N) is 1. The summed E-state index contributed by atoms with van der Waals surface area (Å²) in [6.45, 7) is 1.12. The highest BCUT2D eigenvalue weighted by molar-refractivity contribution is 5.94. The van der Waals surface area contributed by atoms with Gasteiger partial charge in [-0.2, -0.15) is 0 Å². The third-order valence-electron chi connectivity index (χ3n) is 4.27. The first-order valence-corrected chi connectivity index (χ1v) is 7.98. The van der Waals surface area contributed by atoms with E-state index in [4.69, 9.17) is 5.73 Å². The number of amides is 3. The van der Waals surface area contributed by atoms with Crippen LogP contribution in [0, 0.1) is 0 Å². The zero-order valence-corrected chi connectivity index (χ0v) is 13.3. The summed E-state index contributed by atoms with van der Waals surface area (Å²) in [7, 11) is 0. The second-order valence-corrected chi connectivity index (χ2v) is 5.85. The molecule has 2 aromatic rings. The lowest BCUT2D eigenvalue weighted by Gasteiger charge is -2.25. The number of hydrogen-bond donors (Lipinski definition) is 2. The van der Waals surface area contributed by atoms with Crippen LogP contribution in [0.5, 0.6) is 0 Å². The number of carbonyl (C=O) groups excluding carboxylic acids is 2. The summed E-state index contributed by atoms with van der Waals surface area (Å²) in [5.41, 5.74) is 7.73. The summed E-state index contributed by atoms with van der Waals surface area (Å²) in [6.07, 6.45) is 5.49. The van der Waals surface area contributed by atoms with Gasteiger partial charge < -0.3 is 16.0 Å². The molecule has 0 aliphatic carbocycles. The van der Waals surface area contributed by atoms with Gasteiger partial charge in [0.15, 0.2) is 0 Å². The molecular weight excluding hydrogens is 304 g/mol. The molecule has 0 spiro atoms. The molecule has 3 amide bonds. The monoisotopic (exact) mass is 324 g/mol. The van der Waals surface area contributed by atoms with Crippen molar-refractivity contribution >= 4 is 11.9 Å². The maximum absolute atomic E-state index is 12.8. The van der Waals surface area contributed by atoms with E-state index < -0.39 is 6.03 Å². The third kappa shape index (κ3) is 3.53. The van der Waals surface area contributed by atoms with Gasteiger partial charge in [0.25, 0.3) is 5.91 Å². The number of aromatic nitrogens is 1. The van der Waals surface area contributed by atoms with Gasteiger partial charge in [-0.3, -0.25) is 9.78 Å². The molecule has 1 aliphatic rings. The van der Waals surface area contributed by atoms with Crippen molar-refractivity contribution in [3.8, 4) is 0 Å². The summed E-state index contributed by atoms with van der Waals surface area (Å²) < 4.78 is 0. The molecule has 1 aliphatic heterocycles. The molecule has 0 radical (unpaired) electrons. The Hall–Kier alpha value is -2.89. The van der Waals surface area contributed by atoms with E-state index in [9.17, 15) is 9.59 Å². The Kier molecular flexibility index (Phi) is 4.74. The Balaban J connectivity index is 1.72. The van der Waals surface area contributed by atoms with E-state index in [2.05, 4.69) is 10.3 Å².